The SMILES string of the molecule is CNCc1coc(N2CCCCC2C)n1. The van der Waals surface area contributed by atoms with Crippen LogP contribution in [0.5, 0.6) is 0 Å². The van der Waals surface area contributed by atoms with Crippen LogP contribution in [0.1, 0.15) is 31.9 Å². The monoisotopic (exact) mass is 209 g/mol. The van der Waals surface area contributed by atoms with Gasteiger partial charge in [0.05, 0.1) is 5.69 Å². The molecule has 84 valence electrons. The lowest BCUT2D eigenvalue weighted by Crippen LogP contribution is -2.37. The van der Waals surface area contributed by atoms with Gasteiger partial charge in [-0.3, -0.25) is 0 Å². The normalized spacial score (nSPS) is 22.0. The zero-order chi connectivity index (χ0) is 10.7. The number of rotatable bonds is 3. The molecule has 4 heteroatoms. The van der Waals surface area contributed by atoms with Crippen molar-refractivity contribution >= 4 is 6.01 Å². The highest BCUT2D eigenvalue weighted by atomic mass is 16.4. The van der Waals surface area contributed by atoms with Crippen molar-refractivity contribution in [1.29, 1.82) is 0 Å². The molecule has 1 aliphatic rings. The number of piperidine rings is 1. The van der Waals surface area contributed by atoms with Crippen molar-refractivity contribution in [2.45, 2.75) is 38.8 Å². The summed E-state index contributed by atoms with van der Waals surface area (Å²) >= 11 is 0. The zero-order valence-electron chi connectivity index (χ0n) is 9.49. The van der Waals surface area contributed by atoms with E-state index in [4.69, 9.17) is 4.42 Å². The molecule has 0 bridgehead atoms. The van der Waals surface area contributed by atoms with E-state index in [-0.39, 0.29) is 0 Å². The van der Waals surface area contributed by atoms with E-state index in [0.717, 1.165) is 24.8 Å². The van der Waals surface area contributed by atoms with Gasteiger partial charge in [0.15, 0.2) is 0 Å². The van der Waals surface area contributed by atoms with Crippen LogP contribution in [0.25, 0.3) is 0 Å². The van der Waals surface area contributed by atoms with E-state index in [1.165, 1.54) is 19.3 Å². The quantitative estimate of drug-likeness (QED) is 0.823. The fraction of sp³-hybridized carbons (Fsp3) is 0.727. The zero-order valence-corrected chi connectivity index (χ0v) is 9.49. The lowest BCUT2D eigenvalue weighted by molar-refractivity contribution is 0.434. The Labute approximate surface area is 90.7 Å². The minimum atomic E-state index is 0.555. The molecule has 1 saturated heterocycles. The van der Waals surface area contributed by atoms with Gasteiger partial charge >= 0.3 is 0 Å². The van der Waals surface area contributed by atoms with Gasteiger partial charge in [0.1, 0.15) is 6.26 Å². The molecule has 1 aromatic heterocycles. The molecule has 1 aliphatic heterocycles. The van der Waals surface area contributed by atoms with Gasteiger partial charge in [0.25, 0.3) is 6.01 Å². The van der Waals surface area contributed by atoms with Crippen LogP contribution in [0.4, 0.5) is 6.01 Å². The summed E-state index contributed by atoms with van der Waals surface area (Å²) in [4.78, 5) is 6.74. The van der Waals surface area contributed by atoms with Crippen LogP contribution in [-0.2, 0) is 6.54 Å². The standard InChI is InChI=1S/C11H19N3O/c1-9-5-3-4-6-14(9)11-13-10(7-12-2)8-15-11/h8-9,12H,3-7H2,1-2H3. The maximum absolute atomic E-state index is 5.50. The van der Waals surface area contributed by atoms with Crippen molar-refractivity contribution in [1.82, 2.24) is 10.3 Å². The highest BCUT2D eigenvalue weighted by Crippen LogP contribution is 2.23. The summed E-state index contributed by atoms with van der Waals surface area (Å²) in [7, 11) is 1.91. The first-order valence-corrected chi connectivity index (χ1v) is 5.67. The Kier molecular flexibility index (Phi) is 3.26. The summed E-state index contributed by atoms with van der Waals surface area (Å²) < 4.78 is 5.50. The molecule has 4 nitrogen and oxygen atoms in total. The lowest BCUT2D eigenvalue weighted by atomic mass is 10.0. The average molecular weight is 209 g/mol. The summed E-state index contributed by atoms with van der Waals surface area (Å²) in [5, 5.41) is 3.07. The Hall–Kier alpha value is -1.03. The van der Waals surface area contributed by atoms with Crippen LogP contribution in [-0.4, -0.2) is 24.6 Å². The smallest absolute Gasteiger partial charge is 0.297 e. The summed E-state index contributed by atoms with van der Waals surface area (Å²) in [5.74, 6) is 0. The molecular weight excluding hydrogens is 190 g/mol. The fourth-order valence-electron chi connectivity index (χ4n) is 2.07. The first kappa shape index (κ1) is 10.5. The van der Waals surface area contributed by atoms with E-state index in [0.29, 0.717) is 6.04 Å². The summed E-state index contributed by atoms with van der Waals surface area (Å²) in [6.45, 7) is 4.08. The van der Waals surface area contributed by atoms with Gasteiger partial charge in [0.2, 0.25) is 0 Å². The minimum absolute atomic E-state index is 0.555. The van der Waals surface area contributed by atoms with E-state index < -0.39 is 0 Å². The number of hydrogen-bond donors (Lipinski definition) is 1. The van der Waals surface area contributed by atoms with Crippen LogP contribution in [0, 0.1) is 0 Å². The molecule has 2 heterocycles. The Bertz CT molecular complexity index is 311. The third-order valence-electron chi connectivity index (χ3n) is 2.95. The molecule has 1 fully saturated rings. The Morgan fingerprint density at radius 2 is 2.47 bits per heavy atom. The molecule has 0 amide bonds. The summed E-state index contributed by atoms with van der Waals surface area (Å²) in [6, 6.07) is 1.34. The second kappa shape index (κ2) is 4.66. The molecule has 0 aromatic carbocycles. The van der Waals surface area contributed by atoms with Crippen molar-refractivity contribution in [2.75, 3.05) is 18.5 Å². The third-order valence-corrected chi connectivity index (χ3v) is 2.95. The van der Waals surface area contributed by atoms with Crippen molar-refractivity contribution in [3.05, 3.63) is 12.0 Å². The molecule has 0 saturated carbocycles. The molecule has 1 unspecified atom stereocenters. The van der Waals surface area contributed by atoms with Gasteiger partial charge < -0.3 is 14.6 Å². The third kappa shape index (κ3) is 2.31. The average Bonchev–Trinajstić information content (AvgIpc) is 2.68. The number of aromatic nitrogens is 1. The molecular formula is C11H19N3O. The molecule has 0 aliphatic carbocycles. The number of anilines is 1. The van der Waals surface area contributed by atoms with E-state index in [1.54, 1.807) is 6.26 Å². The summed E-state index contributed by atoms with van der Waals surface area (Å²) in [6.07, 6.45) is 5.55. The molecule has 15 heavy (non-hydrogen) atoms. The molecule has 1 N–H and O–H groups in total. The first-order chi connectivity index (χ1) is 7.31. The topological polar surface area (TPSA) is 41.3 Å². The van der Waals surface area contributed by atoms with Crippen LogP contribution < -0.4 is 10.2 Å². The van der Waals surface area contributed by atoms with E-state index in [2.05, 4.69) is 22.1 Å². The molecule has 1 aromatic rings. The van der Waals surface area contributed by atoms with Gasteiger partial charge in [-0.1, -0.05) is 0 Å². The first-order valence-electron chi connectivity index (χ1n) is 5.67. The molecule has 0 spiro atoms. The Balaban J connectivity index is 2.06. The fourth-order valence-corrected chi connectivity index (χ4v) is 2.07. The van der Waals surface area contributed by atoms with E-state index in [9.17, 15) is 0 Å². The largest absolute Gasteiger partial charge is 0.432 e. The van der Waals surface area contributed by atoms with E-state index in [1.807, 2.05) is 7.05 Å². The second-order valence-corrected chi connectivity index (χ2v) is 4.19. The minimum Gasteiger partial charge on any atom is -0.432 e. The van der Waals surface area contributed by atoms with Crippen molar-refractivity contribution in [2.24, 2.45) is 0 Å². The number of nitrogens with zero attached hydrogens (tertiary/aromatic N) is 2. The lowest BCUT2D eigenvalue weighted by Gasteiger charge is -2.31. The van der Waals surface area contributed by atoms with Crippen LogP contribution in [0.3, 0.4) is 0 Å². The highest BCUT2D eigenvalue weighted by molar-refractivity contribution is 5.29. The van der Waals surface area contributed by atoms with E-state index >= 15 is 0 Å². The molecule has 1 atom stereocenters. The second-order valence-electron chi connectivity index (χ2n) is 4.19. The highest BCUT2D eigenvalue weighted by Gasteiger charge is 2.22. The van der Waals surface area contributed by atoms with Gasteiger partial charge in [0, 0.05) is 19.1 Å². The number of nitrogens with one attached hydrogen (secondary N) is 1. The van der Waals surface area contributed by atoms with Gasteiger partial charge in [-0.15, -0.1) is 0 Å². The number of oxazole rings is 1. The van der Waals surface area contributed by atoms with Crippen molar-refractivity contribution in [3.63, 3.8) is 0 Å². The maximum Gasteiger partial charge on any atom is 0.297 e. The van der Waals surface area contributed by atoms with Crippen LogP contribution >= 0.6 is 0 Å². The predicted molar refractivity (Wildman–Crippen MR) is 59.9 cm³/mol. The van der Waals surface area contributed by atoms with Gasteiger partial charge in [-0.2, -0.15) is 4.98 Å². The van der Waals surface area contributed by atoms with Gasteiger partial charge in [-0.05, 0) is 33.2 Å². The van der Waals surface area contributed by atoms with Crippen molar-refractivity contribution < 1.29 is 4.42 Å². The van der Waals surface area contributed by atoms with Crippen LogP contribution in [0.15, 0.2) is 10.7 Å². The molecule has 0 radical (unpaired) electrons. The maximum atomic E-state index is 5.50. The molecule has 2 rings (SSSR count). The van der Waals surface area contributed by atoms with Gasteiger partial charge in [-0.25, -0.2) is 0 Å². The predicted octanol–water partition coefficient (Wildman–Crippen LogP) is 1.77. The summed E-state index contributed by atoms with van der Waals surface area (Å²) in [5.41, 5.74) is 0.977. The Morgan fingerprint density at radius 3 is 3.20 bits per heavy atom. The Morgan fingerprint density at radius 1 is 1.60 bits per heavy atom. The van der Waals surface area contributed by atoms with Crippen molar-refractivity contribution in [3.8, 4) is 0 Å². The van der Waals surface area contributed by atoms with Crippen LogP contribution in [0.2, 0.25) is 0 Å². The number of hydrogen-bond acceptors (Lipinski definition) is 4.